The summed E-state index contributed by atoms with van der Waals surface area (Å²) >= 11 is 0. The van der Waals surface area contributed by atoms with Gasteiger partial charge in [-0.05, 0) is 74.2 Å². The van der Waals surface area contributed by atoms with Gasteiger partial charge in [0.1, 0.15) is 22.8 Å². The van der Waals surface area contributed by atoms with E-state index in [0.717, 1.165) is 35.2 Å². The summed E-state index contributed by atoms with van der Waals surface area (Å²) in [5.74, 6) is -5.58. The van der Waals surface area contributed by atoms with Crippen LogP contribution >= 0.6 is 0 Å². The third-order valence-electron chi connectivity index (χ3n) is 9.04. The van der Waals surface area contributed by atoms with Gasteiger partial charge in [0.15, 0.2) is 11.4 Å². The van der Waals surface area contributed by atoms with Crippen molar-refractivity contribution in [2.45, 2.75) is 44.2 Å². The summed E-state index contributed by atoms with van der Waals surface area (Å²) in [6.45, 7) is 2.43. The van der Waals surface area contributed by atoms with Crippen LogP contribution in [0.5, 0.6) is 5.75 Å². The predicted octanol–water partition coefficient (Wildman–Crippen LogP) is 3.33. The number of aliphatic hydroxyl groups is 3. The molecule has 0 saturated carbocycles. The summed E-state index contributed by atoms with van der Waals surface area (Å²) in [6, 6.07) is 10.7. The van der Waals surface area contributed by atoms with Crippen LogP contribution in [0.4, 0.5) is 5.69 Å². The smallest absolute Gasteiger partial charge is 0.255 e. The average Bonchev–Trinajstić information content (AvgIpc) is 2.95. The van der Waals surface area contributed by atoms with E-state index in [9.17, 15) is 29.7 Å². The number of Topliss-reactive ketones (excluding diaryl/α,β-unsaturated/α-hetero) is 2. The Morgan fingerprint density at radius 1 is 1.07 bits per heavy atom. The zero-order valence-electron chi connectivity index (χ0n) is 25.2. The first kappa shape index (κ1) is 30.3. The van der Waals surface area contributed by atoms with Crippen LogP contribution in [0.15, 0.2) is 59.1 Å². The number of anilines is 1. The van der Waals surface area contributed by atoms with Crippen LogP contribution in [-0.2, 0) is 16.0 Å². The molecular weight excluding hydrogens is 550 g/mol. The lowest BCUT2D eigenvalue weighted by atomic mass is 9.58. The second-order valence-corrected chi connectivity index (χ2v) is 12.1. The number of likely N-dealkylation sites (N-methyl/N-ethyl adjacent to an activating group) is 1. The van der Waals surface area contributed by atoms with Crippen molar-refractivity contribution < 1.29 is 34.4 Å². The lowest BCUT2D eigenvalue weighted by Crippen LogP contribution is -2.63. The van der Waals surface area contributed by atoms with E-state index in [0.29, 0.717) is 18.8 Å². The number of carbonyl (C=O) groups excluding carboxylic acids is 3. The van der Waals surface area contributed by atoms with E-state index in [4.69, 9.17) is 10.5 Å². The van der Waals surface area contributed by atoms with Crippen molar-refractivity contribution >= 4 is 23.2 Å². The third-order valence-corrected chi connectivity index (χ3v) is 9.04. The summed E-state index contributed by atoms with van der Waals surface area (Å²) < 4.78 is 6.07. The normalized spacial score (nSPS) is 25.0. The Balaban J connectivity index is 1.70. The van der Waals surface area contributed by atoms with Crippen molar-refractivity contribution in [2.24, 2.45) is 17.6 Å². The highest BCUT2D eigenvalue weighted by molar-refractivity contribution is 6.25. The van der Waals surface area contributed by atoms with Crippen molar-refractivity contribution in [3.63, 3.8) is 0 Å². The Morgan fingerprint density at radius 2 is 1.74 bits per heavy atom. The molecule has 5 N–H and O–H groups in total. The molecular formula is C33H39N3O7. The molecule has 5 rings (SSSR count). The molecule has 3 aliphatic rings. The van der Waals surface area contributed by atoms with Gasteiger partial charge in [0.05, 0.1) is 18.2 Å². The van der Waals surface area contributed by atoms with Crippen molar-refractivity contribution in [1.29, 1.82) is 0 Å². The number of unbranched alkanes of at least 4 members (excludes halogenated alkanes) is 1. The van der Waals surface area contributed by atoms with Gasteiger partial charge in [-0.1, -0.05) is 31.5 Å². The van der Waals surface area contributed by atoms with Gasteiger partial charge in [0.25, 0.3) is 5.91 Å². The number of ketones is 2. The monoisotopic (exact) mass is 589 g/mol. The third kappa shape index (κ3) is 4.69. The number of rotatable bonds is 8. The Hall–Kier alpha value is -4.15. The number of nitrogens with zero attached hydrogens (tertiary/aromatic N) is 2. The van der Waals surface area contributed by atoms with Gasteiger partial charge in [-0.3, -0.25) is 19.3 Å². The van der Waals surface area contributed by atoms with Crippen LogP contribution in [0.2, 0.25) is 0 Å². The number of hydrogen-bond acceptors (Lipinski definition) is 9. The Kier molecular flexibility index (Phi) is 7.87. The number of amides is 1. The summed E-state index contributed by atoms with van der Waals surface area (Å²) in [5, 5.41) is 34.6. The largest absolute Gasteiger partial charge is 0.510 e. The van der Waals surface area contributed by atoms with Crippen LogP contribution in [-0.4, -0.2) is 84.1 Å². The first-order valence-electron chi connectivity index (χ1n) is 14.6. The summed E-state index contributed by atoms with van der Waals surface area (Å²) in [4.78, 5) is 43.8. The van der Waals surface area contributed by atoms with Crippen molar-refractivity contribution in [1.82, 2.24) is 4.90 Å². The molecule has 4 atom stereocenters. The van der Waals surface area contributed by atoms with E-state index in [2.05, 4.69) is 0 Å². The minimum absolute atomic E-state index is 0.0808. The molecule has 10 heteroatoms. The van der Waals surface area contributed by atoms with Gasteiger partial charge in [-0.25, -0.2) is 0 Å². The Morgan fingerprint density at radius 3 is 2.33 bits per heavy atom. The van der Waals surface area contributed by atoms with Crippen LogP contribution in [0.3, 0.4) is 0 Å². The first-order valence-corrected chi connectivity index (χ1v) is 14.6. The van der Waals surface area contributed by atoms with Gasteiger partial charge >= 0.3 is 0 Å². The maximum Gasteiger partial charge on any atom is 0.255 e. The standard InChI is InChI=1S/C33H39N3O7/c1-6-7-14-43-23-13-12-20(17-8-10-19(11-9-17)35(2)3)21-15-18-16-22-27(36(4)5)29(38)26(32(34)41)31(40)33(22,42)30(39)24(18)28(37)25(21)23/h8-13,18,22,27,38-39,42H,6-7,14-16H2,1-5H3,(H2,34,41). The van der Waals surface area contributed by atoms with E-state index in [-0.39, 0.29) is 17.6 Å². The SMILES string of the molecule is CCCCOc1ccc(-c2ccc(N(C)C)cc2)c2c1C(=O)C1=C(O)C3(O)C(=O)C(C(N)=O)=C(O)C(N(C)C)C3CC1C2. The average molecular weight is 590 g/mol. The van der Waals surface area contributed by atoms with Crippen LogP contribution in [0, 0.1) is 11.8 Å². The Labute approximate surface area is 251 Å². The predicted molar refractivity (Wildman–Crippen MR) is 162 cm³/mol. The van der Waals surface area contributed by atoms with Gasteiger partial charge < -0.3 is 30.7 Å². The maximum absolute atomic E-state index is 14.4. The molecule has 0 radical (unpaired) electrons. The van der Waals surface area contributed by atoms with E-state index in [1.807, 2.05) is 56.3 Å². The van der Waals surface area contributed by atoms with E-state index < -0.39 is 58.0 Å². The number of aliphatic hydroxyl groups excluding tert-OH is 2. The van der Waals surface area contributed by atoms with E-state index >= 15 is 0 Å². The highest BCUT2D eigenvalue weighted by Crippen LogP contribution is 2.53. The second kappa shape index (κ2) is 11.2. The lowest BCUT2D eigenvalue weighted by molar-refractivity contribution is -0.148. The molecule has 3 aliphatic carbocycles. The molecule has 0 spiro atoms. The van der Waals surface area contributed by atoms with Crippen LogP contribution in [0.1, 0.15) is 42.1 Å². The second-order valence-electron chi connectivity index (χ2n) is 12.1. The molecule has 0 fully saturated rings. The number of allylic oxidation sites excluding steroid dienone is 1. The van der Waals surface area contributed by atoms with Gasteiger partial charge in [-0.2, -0.15) is 0 Å². The molecule has 2 aromatic carbocycles. The molecule has 1 amide bonds. The number of ether oxygens (including phenoxy) is 1. The zero-order valence-corrected chi connectivity index (χ0v) is 25.2. The molecule has 43 heavy (non-hydrogen) atoms. The molecule has 0 saturated heterocycles. The zero-order chi connectivity index (χ0) is 31.4. The number of benzene rings is 2. The number of hydrogen-bond donors (Lipinski definition) is 4. The fraction of sp³-hybridized carbons (Fsp3) is 0.424. The van der Waals surface area contributed by atoms with Crippen LogP contribution < -0.4 is 15.4 Å². The Bertz CT molecular complexity index is 1560. The molecule has 10 nitrogen and oxygen atoms in total. The number of nitrogens with two attached hydrogens (primary N) is 1. The highest BCUT2D eigenvalue weighted by atomic mass is 16.5. The fourth-order valence-corrected chi connectivity index (χ4v) is 6.89. The van der Waals surface area contributed by atoms with Crippen molar-refractivity contribution in [2.75, 3.05) is 39.7 Å². The number of fused-ring (bicyclic) bond motifs is 3. The number of primary amides is 1. The quantitative estimate of drug-likeness (QED) is 0.268. The maximum atomic E-state index is 14.4. The first-order chi connectivity index (χ1) is 20.3. The van der Waals surface area contributed by atoms with E-state index in [1.165, 1.54) is 0 Å². The minimum Gasteiger partial charge on any atom is -0.510 e. The molecule has 0 bridgehead atoms. The van der Waals surface area contributed by atoms with Crippen LogP contribution in [0.25, 0.3) is 11.1 Å². The van der Waals surface area contributed by atoms with Gasteiger partial charge in [0, 0.05) is 31.3 Å². The molecule has 0 heterocycles. The molecule has 0 aliphatic heterocycles. The summed E-state index contributed by atoms with van der Waals surface area (Å²) in [6.07, 6.45) is 2.09. The lowest BCUT2D eigenvalue weighted by Gasteiger charge is -2.50. The summed E-state index contributed by atoms with van der Waals surface area (Å²) in [5.41, 5.74) is 5.78. The molecule has 4 unspecified atom stereocenters. The summed E-state index contributed by atoms with van der Waals surface area (Å²) in [7, 11) is 7.17. The highest BCUT2D eigenvalue weighted by Gasteiger charge is 2.63. The minimum atomic E-state index is -2.62. The number of carbonyl (C=O) groups is 3. The molecule has 2 aromatic rings. The molecule has 0 aromatic heterocycles. The van der Waals surface area contributed by atoms with Gasteiger partial charge in [0.2, 0.25) is 5.78 Å². The van der Waals surface area contributed by atoms with Crippen molar-refractivity contribution in [3.8, 4) is 16.9 Å². The molecule has 228 valence electrons. The van der Waals surface area contributed by atoms with Crippen molar-refractivity contribution in [3.05, 3.63) is 70.2 Å². The van der Waals surface area contributed by atoms with Gasteiger partial charge in [-0.15, -0.1) is 0 Å². The topological polar surface area (TPSA) is 154 Å². The fourth-order valence-electron chi connectivity index (χ4n) is 6.89. The van der Waals surface area contributed by atoms with E-state index in [1.54, 1.807) is 25.1 Å².